The van der Waals surface area contributed by atoms with Crippen molar-refractivity contribution in [3.8, 4) is 5.75 Å². The van der Waals surface area contributed by atoms with Crippen LogP contribution in [0.3, 0.4) is 0 Å². The Morgan fingerprint density at radius 2 is 1.73 bits per heavy atom. The van der Waals surface area contributed by atoms with Crippen LogP contribution in [0.15, 0.2) is 70.4 Å². The number of benzene rings is 1. The van der Waals surface area contributed by atoms with Gasteiger partial charge < -0.3 is 19.8 Å². The molecule has 0 unspecified atom stereocenters. The van der Waals surface area contributed by atoms with Crippen molar-refractivity contribution in [3.05, 3.63) is 83.0 Å². The molecule has 7 heteroatoms. The van der Waals surface area contributed by atoms with E-state index in [1.54, 1.807) is 19.6 Å². The van der Waals surface area contributed by atoms with E-state index in [2.05, 4.69) is 32.7 Å². The van der Waals surface area contributed by atoms with Gasteiger partial charge in [-0.25, -0.2) is 4.98 Å². The maximum absolute atomic E-state index is 5.85. The lowest BCUT2D eigenvalue weighted by atomic mass is 10.1. The molecule has 3 aromatic rings. The van der Waals surface area contributed by atoms with E-state index in [0.717, 1.165) is 55.4 Å². The monoisotopic (exact) mass is 426 g/mol. The molecule has 1 aromatic carbocycles. The lowest BCUT2D eigenvalue weighted by Gasteiger charge is -2.13. The number of methoxy groups -OCH3 is 1. The number of hydrogen-bond acceptors (Lipinski definition) is 4. The highest BCUT2D eigenvalue weighted by atomic mass is 35.5. The molecule has 0 amide bonds. The third kappa shape index (κ3) is 7.44. The molecule has 158 valence electrons. The van der Waals surface area contributed by atoms with Crippen LogP contribution in [-0.2, 0) is 19.3 Å². The molecule has 0 saturated carbocycles. The third-order valence-corrected chi connectivity index (χ3v) is 4.79. The zero-order valence-corrected chi connectivity index (χ0v) is 17.9. The van der Waals surface area contributed by atoms with Crippen LogP contribution < -0.4 is 15.4 Å². The molecule has 30 heavy (non-hydrogen) atoms. The average molecular weight is 427 g/mol. The molecular formula is C23H27ClN4O2. The number of nitrogens with zero attached hydrogens (tertiary/aromatic N) is 2. The molecule has 0 aliphatic carbocycles. The van der Waals surface area contributed by atoms with Gasteiger partial charge in [-0.3, -0.25) is 4.99 Å². The van der Waals surface area contributed by atoms with E-state index in [4.69, 9.17) is 20.8 Å². The van der Waals surface area contributed by atoms with Crippen LogP contribution in [0.5, 0.6) is 5.75 Å². The number of ether oxygens (including phenoxy) is 1. The van der Waals surface area contributed by atoms with E-state index in [1.807, 2.05) is 36.4 Å². The molecule has 0 spiro atoms. The highest BCUT2D eigenvalue weighted by Crippen LogP contribution is 2.11. The van der Waals surface area contributed by atoms with Gasteiger partial charge in [-0.1, -0.05) is 29.8 Å². The molecule has 0 fully saturated rings. The fraction of sp³-hybridized carbons (Fsp3) is 0.304. The van der Waals surface area contributed by atoms with Crippen LogP contribution in [0, 0.1) is 0 Å². The van der Waals surface area contributed by atoms with E-state index in [-0.39, 0.29) is 0 Å². The van der Waals surface area contributed by atoms with Crippen molar-refractivity contribution < 1.29 is 9.15 Å². The van der Waals surface area contributed by atoms with Crippen molar-refractivity contribution in [3.63, 3.8) is 0 Å². The van der Waals surface area contributed by atoms with Gasteiger partial charge in [-0.15, -0.1) is 0 Å². The second kappa shape index (κ2) is 11.9. The summed E-state index contributed by atoms with van der Waals surface area (Å²) >= 11 is 5.85. The molecule has 0 radical (unpaired) electrons. The van der Waals surface area contributed by atoms with Crippen LogP contribution in [-0.4, -0.2) is 37.7 Å². The molecule has 0 saturated heterocycles. The van der Waals surface area contributed by atoms with Gasteiger partial charge in [0.15, 0.2) is 5.96 Å². The maximum atomic E-state index is 5.85. The Labute approximate surface area is 182 Å². The zero-order valence-electron chi connectivity index (χ0n) is 17.1. The first-order valence-electron chi connectivity index (χ1n) is 10.0. The smallest absolute Gasteiger partial charge is 0.191 e. The minimum Gasteiger partial charge on any atom is -0.497 e. The number of rotatable bonds is 10. The molecular weight excluding hydrogens is 400 g/mol. The van der Waals surface area contributed by atoms with Crippen molar-refractivity contribution >= 4 is 17.6 Å². The minimum atomic E-state index is 0.507. The van der Waals surface area contributed by atoms with Crippen molar-refractivity contribution in [2.45, 2.75) is 19.3 Å². The highest BCUT2D eigenvalue weighted by molar-refractivity contribution is 6.29. The second-order valence-corrected chi connectivity index (χ2v) is 7.14. The van der Waals surface area contributed by atoms with Gasteiger partial charge in [0.25, 0.3) is 0 Å². The first kappa shape index (κ1) is 21.7. The summed E-state index contributed by atoms with van der Waals surface area (Å²) in [5, 5.41) is 7.31. The number of pyridine rings is 1. The lowest BCUT2D eigenvalue weighted by molar-refractivity contribution is 0.414. The predicted molar refractivity (Wildman–Crippen MR) is 120 cm³/mol. The summed E-state index contributed by atoms with van der Waals surface area (Å²) in [7, 11) is 1.67. The number of furan rings is 1. The Hall–Kier alpha value is -2.99. The van der Waals surface area contributed by atoms with E-state index in [0.29, 0.717) is 11.7 Å². The van der Waals surface area contributed by atoms with E-state index >= 15 is 0 Å². The Kier molecular flexibility index (Phi) is 8.60. The van der Waals surface area contributed by atoms with Crippen LogP contribution in [0.1, 0.15) is 16.9 Å². The Bertz CT molecular complexity index is 894. The molecule has 0 aliphatic rings. The number of nitrogens with one attached hydrogen (secondary N) is 2. The summed E-state index contributed by atoms with van der Waals surface area (Å²) in [4.78, 5) is 8.80. The Morgan fingerprint density at radius 1 is 1.00 bits per heavy atom. The number of hydrogen-bond donors (Lipinski definition) is 2. The number of guanidine groups is 1. The zero-order chi connectivity index (χ0) is 21.0. The van der Waals surface area contributed by atoms with Gasteiger partial charge in [-0.05, 0) is 54.3 Å². The standard InChI is InChI=1S/C23H27ClN4O2/c1-29-20-7-4-18(5-8-20)10-13-25-23(27-15-12-21-3-2-16-30-21)26-14-11-19-6-9-22(24)28-17-19/h2-9,16-17H,10-15H2,1H3,(H2,25,26,27). The minimum absolute atomic E-state index is 0.507. The molecule has 2 N–H and O–H groups in total. The van der Waals surface area contributed by atoms with Crippen molar-refractivity contribution in [2.75, 3.05) is 26.7 Å². The van der Waals surface area contributed by atoms with Crippen LogP contribution in [0.25, 0.3) is 0 Å². The first-order chi connectivity index (χ1) is 14.7. The molecule has 2 aromatic heterocycles. The summed E-state index contributed by atoms with van der Waals surface area (Å²) < 4.78 is 10.6. The quantitative estimate of drug-likeness (QED) is 0.292. The number of aromatic nitrogens is 1. The average Bonchev–Trinajstić information content (AvgIpc) is 3.29. The van der Waals surface area contributed by atoms with E-state index in [9.17, 15) is 0 Å². The van der Waals surface area contributed by atoms with Crippen LogP contribution >= 0.6 is 11.6 Å². The first-order valence-corrected chi connectivity index (χ1v) is 10.4. The number of halogens is 1. The molecule has 0 atom stereocenters. The number of aliphatic imine (C=N–C) groups is 1. The van der Waals surface area contributed by atoms with E-state index < -0.39 is 0 Å². The summed E-state index contributed by atoms with van der Waals surface area (Å²) in [5.41, 5.74) is 2.37. The maximum Gasteiger partial charge on any atom is 0.191 e. The van der Waals surface area contributed by atoms with Crippen LogP contribution in [0.4, 0.5) is 0 Å². The van der Waals surface area contributed by atoms with Crippen molar-refractivity contribution in [1.29, 1.82) is 0 Å². The second-order valence-electron chi connectivity index (χ2n) is 6.75. The van der Waals surface area contributed by atoms with Gasteiger partial charge in [0.05, 0.1) is 13.4 Å². The molecule has 6 nitrogen and oxygen atoms in total. The van der Waals surface area contributed by atoms with Gasteiger partial charge in [0, 0.05) is 32.3 Å². The molecule has 3 rings (SSSR count). The van der Waals surface area contributed by atoms with Gasteiger partial charge in [0.1, 0.15) is 16.7 Å². The molecule has 0 bridgehead atoms. The van der Waals surface area contributed by atoms with Gasteiger partial charge in [0.2, 0.25) is 0 Å². The lowest BCUT2D eigenvalue weighted by Crippen LogP contribution is -2.39. The summed E-state index contributed by atoms with van der Waals surface area (Å²) in [6, 6.07) is 15.8. The SMILES string of the molecule is COc1ccc(CCNC(=NCCc2ccco2)NCCc2ccc(Cl)nc2)cc1. The molecule has 0 aliphatic heterocycles. The Morgan fingerprint density at radius 3 is 2.37 bits per heavy atom. The fourth-order valence-electron chi connectivity index (χ4n) is 2.90. The predicted octanol–water partition coefficient (Wildman–Crippen LogP) is 3.90. The van der Waals surface area contributed by atoms with Gasteiger partial charge in [-0.2, -0.15) is 0 Å². The third-order valence-electron chi connectivity index (χ3n) is 4.57. The van der Waals surface area contributed by atoms with Gasteiger partial charge >= 0.3 is 0 Å². The largest absolute Gasteiger partial charge is 0.497 e. The van der Waals surface area contributed by atoms with Crippen LogP contribution in [0.2, 0.25) is 5.15 Å². The summed E-state index contributed by atoms with van der Waals surface area (Å²) in [5.74, 6) is 2.59. The topological polar surface area (TPSA) is 71.7 Å². The molecule has 2 heterocycles. The summed E-state index contributed by atoms with van der Waals surface area (Å²) in [6.45, 7) is 2.17. The van der Waals surface area contributed by atoms with Crippen molar-refractivity contribution in [1.82, 2.24) is 15.6 Å². The normalized spacial score (nSPS) is 11.3. The Balaban J connectivity index is 1.50. The van der Waals surface area contributed by atoms with E-state index in [1.165, 1.54) is 5.56 Å². The summed E-state index contributed by atoms with van der Waals surface area (Å²) in [6.07, 6.45) is 5.98. The van der Waals surface area contributed by atoms with Crippen molar-refractivity contribution in [2.24, 2.45) is 4.99 Å². The highest BCUT2D eigenvalue weighted by Gasteiger charge is 2.02. The fourth-order valence-corrected chi connectivity index (χ4v) is 3.02.